The van der Waals surface area contributed by atoms with Crippen LogP contribution in [-0.4, -0.2) is 25.0 Å². The van der Waals surface area contributed by atoms with Crippen LogP contribution in [0.1, 0.15) is 30.5 Å². The molecule has 1 aliphatic rings. The van der Waals surface area contributed by atoms with Gasteiger partial charge >= 0.3 is 0 Å². The fraction of sp³-hybridized carbons (Fsp3) is 0.238. The molecule has 0 bridgehead atoms. The third-order valence-corrected chi connectivity index (χ3v) is 3.97. The van der Waals surface area contributed by atoms with Crippen molar-refractivity contribution in [1.82, 2.24) is 5.32 Å². The zero-order valence-corrected chi connectivity index (χ0v) is 15.2. The number of carbonyl (C=O) groups is 1. The summed E-state index contributed by atoms with van der Waals surface area (Å²) in [5, 5.41) is 2.84. The Hall–Kier alpha value is -3.08. The molecule has 3 rings (SSSR count). The average Bonchev–Trinajstić information content (AvgIpc) is 2.98. The number of amidine groups is 1. The van der Waals surface area contributed by atoms with Gasteiger partial charge in [0.2, 0.25) is 0 Å². The molecule has 0 spiro atoms. The number of benzene rings is 2. The molecular weight excluding hydrogens is 328 g/mol. The van der Waals surface area contributed by atoms with Gasteiger partial charge < -0.3 is 14.8 Å². The summed E-state index contributed by atoms with van der Waals surface area (Å²) in [5.74, 6) is 1.71. The maximum absolute atomic E-state index is 12.3. The highest BCUT2D eigenvalue weighted by Crippen LogP contribution is 2.30. The van der Waals surface area contributed by atoms with Crippen LogP contribution in [0.3, 0.4) is 0 Å². The molecule has 0 unspecified atom stereocenters. The van der Waals surface area contributed by atoms with E-state index in [1.165, 1.54) is 0 Å². The van der Waals surface area contributed by atoms with Crippen LogP contribution in [0.15, 0.2) is 53.2 Å². The molecule has 134 valence electrons. The number of carbonyl (C=O) groups excluding carboxylic acids is 1. The van der Waals surface area contributed by atoms with Crippen LogP contribution in [0, 0.1) is 6.92 Å². The van der Waals surface area contributed by atoms with Gasteiger partial charge in [-0.25, -0.2) is 4.99 Å². The Bertz CT molecular complexity index is 885. The molecule has 0 saturated heterocycles. The van der Waals surface area contributed by atoms with Crippen molar-refractivity contribution in [3.8, 4) is 11.5 Å². The van der Waals surface area contributed by atoms with Gasteiger partial charge in [-0.15, -0.1) is 0 Å². The Balaban J connectivity index is 1.93. The zero-order chi connectivity index (χ0) is 18.5. The molecule has 1 heterocycles. The number of rotatable bonds is 6. The summed E-state index contributed by atoms with van der Waals surface area (Å²) >= 11 is 0. The van der Waals surface area contributed by atoms with Crippen molar-refractivity contribution >= 4 is 17.8 Å². The monoisotopic (exact) mass is 350 g/mol. The smallest absolute Gasteiger partial charge is 0.275 e. The molecule has 1 N–H and O–H groups in total. The largest absolute Gasteiger partial charge is 0.490 e. The number of aryl methyl sites for hydroxylation is 1. The highest BCUT2D eigenvalue weighted by molar-refractivity contribution is 6.20. The Kier molecular flexibility index (Phi) is 5.37. The lowest BCUT2D eigenvalue weighted by molar-refractivity contribution is -0.115. The number of aliphatic imine (C=N–C) groups is 1. The third kappa shape index (κ3) is 3.77. The van der Waals surface area contributed by atoms with Gasteiger partial charge in [-0.05, 0) is 50.1 Å². The first-order valence-corrected chi connectivity index (χ1v) is 8.69. The van der Waals surface area contributed by atoms with Gasteiger partial charge in [-0.3, -0.25) is 4.79 Å². The Morgan fingerprint density at radius 1 is 1.04 bits per heavy atom. The van der Waals surface area contributed by atoms with Crippen molar-refractivity contribution in [3.05, 3.63) is 64.9 Å². The predicted molar refractivity (Wildman–Crippen MR) is 103 cm³/mol. The molecule has 0 radical (unpaired) electrons. The van der Waals surface area contributed by atoms with E-state index in [0.29, 0.717) is 36.2 Å². The van der Waals surface area contributed by atoms with E-state index in [1.807, 2.05) is 63.2 Å². The number of nitrogens with zero attached hydrogens (tertiary/aromatic N) is 1. The highest BCUT2D eigenvalue weighted by atomic mass is 16.5. The third-order valence-electron chi connectivity index (χ3n) is 3.97. The molecule has 26 heavy (non-hydrogen) atoms. The minimum absolute atomic E-state index is 0.213. The molecule has 2 aromatic carbocycles. The summed E-state index contributed by atoms with van der Waals surface area (Å²) in [6.45, 7) is 6.94. The van der Waals surface area contributed by atoms with Crippen LogP contribution in [0.5, 0.6) is 11.5 Å². The van der Waals surface area contributed by atoms with Crippen molar-refractivity contribution in [3.63, 3.8) is 0 Å². The number of nitrogens with one attached hydrogen (secondary N) is 1. The van der Waals surface area contributed by atoms with Crippen molar-refractivity contribution in [2.75, 3.05) is 13.2 Å². The Morgan fingerprint density at radius 2 is 1.77 bits per heavy atom. The van der Waals surface area contributed by atoms with E-state index in [0.717, 1.165) is 16.7 Å². The molecule has 1 aliphatic heterocycles. The lowest BCUT2D eigenvalue weighted by Gasteiger charge is -2.11. The van der Waals surface area contributed by atoms with Gasteiger partial charge in [0.25, 0.3) is 5.91 Å². The van der Waals surface area contributed by atoms with Gasteiger partial charge in [-0.2, -0.15) is 0 Å². The van der Waals surface area contributed by atoms with E-state index >= 15 is 0 Å². The first-order valence-electron chi connectivity index (χ1n) is 8.69. The first kappa shape index (κ1) is 17.7. The summed E-state index contributed by atoms with van der Waals surface area (Å²) in [5.41, 5.74) is 3.19. The molecule has 1 amide bonds. The van der Waals surface area contributed by atoms with Crippen LogP contribution in [0.4, 0.5) is 0 Å². The summed E-state index contributed by atoms with van der Waals surface area (Å²) in [6.07, 6.45) is 1.75. The first-order chi connectivity index (χ1) is 12.6. The lowest BCUT2D eigenvalue weighted by atomic mass is 10.1. The Morgan fingerprint density at radius 3 is 2.50 bits per heavy atom. The van der Waals surface area contributed by atoms with Crippen molar-refractivity contribution < 1.29 is 14.3 Å². The van der Waals surface area contributed by atoms with Crippen molar-refractivity contribution in [2.24, 2.45) is 4.99 Å². The van der Waals surface area contributed by atoms with E-state index < -0.39 is 0 Å². The fourth-order valence-corrected chi connectivity index (χ4v) is 2.75. The predicted octanol–water partition coefficient (Wildman–Crippen LogP) is 3.71. The SMILES string of the molecule is CCOc1ccc(/C=C2/N=C(c3ccccc3C)NC2=O)cc1OCC. The normalized spacial score (nSPS) is 15.0. The molecular formula is C21H22N2O3. The molecule has 0 aliphatic carbocycles. The number of hydrogen-bond donors (Lipinski definition) is 1. The molecule has 0 aromatic heterocycles. The van der Waals surface area contributed by atoms with E-state index in [-0.39, 0.29) is 5.91 Å². The van der Waals surface area contributed by atoms with E-state index in [1.54, 1.807) is 6.08 Å². The molecule has 5 nitrogen and oxygen atoms in total. The van der Waals surface area contributed by atoms with Crippen LogP contribution in [0.25, 0.3) is 6.08 Å². The van der Waals surface area contributed by atoms with Gasteiger partial charge in [0.15, 0.2) is 11.5 Å². The quantitative estimate of drug-likeness (QED) is 0.808. The van der Waals surface area contributed by atoms with E-state index in [9.17, 15) is 4.79 Å². The maximum atomic E-state index is 12.3. The van der Waals surface area contributed by atoms with Crippen LogP contribution in [-0.2, 0) is 4.79 Å². The second-order valence-electron chi connectivity index (χ2n) is 5.83. The van der Waals surface area contributed by atoms with Crippen LogP contribution in [0.2, 0.25) is 0 Å². The fourth-order valence-electron chi connectivity index (χ4n) is 2.75. The second-order valence-corrected chi connectivity index (χ2v) is 5.83. The lowest BCUT2D eigenvalue weighted by Crippen LogP contribution is -2.25. The highest BCUT2D eigenvalue weighted by Gasteiger charge is 2.22. The summed E-state index contributed by atoms with van der Waals surface area (Å²) in [6, 6.07) is 13.4. The van der Waals surface area contributed by atoms with Crippen LogP contribution < -0.4 is 14.8 Å². The van der Waals surface area contributed by atoms with Crippen molar-refractivity contribution in [1.29, 1.82) is 0 Å². The van der Waals surface area contributed by atoms with Crippen LogP contribution >= 0.6 is 0 Å². The number of amides is 1. The topological polar surface area (TPSA) is 59.9 Å². The molecule has 0 fully saturated rings. The molecule has 2 aromatic rings. The molecule has 0 saturated carbocycles. The van der Waals surface area contributed by atoms with E-state index in [2.05, 4.69) is 10.3 Å². The second kappa shape index (κ2) is 7.87. The Labute approximate surface area is 153 Å². The van der Waals surface area contributed by atoms with Gasteiger partial charge in [0.05, 0.1) is 13.2 Å². The van der Waals surface area contributed by atoms with Crippen molar-refractivity contribution in [2.45, 2.75) is 20.8 Å². The zero-order valence-electron chi connectivity index (χ0n) is 15.2. The van der Waals surface area contributed by atoms with Gasteiger partial charge in [-0.1, -0.05) is 30.3 Å². The standard InChI is InChI=1S/C21H22N2O3/c1-4-25-18-11-10-15(13-19(18)26-5-2)12-17-21(24)23-20(22-17)16-9-7-6-8-14(16)3/h6-13H,4-5H2,1-3H3,(H,22,23,24)/b17-12+. The van der Waals surface area contributed by atoms with E-state index in [4.69, 9.17) is 9.47 Å². The summed E-state index contributed by atoms with van der Waals surface area (Å²) in [7, 11) is 0. The number of hydrogen-bond acceptors (Lipinski definition) is 4. The van der Waals surface area contributed by atoms with Gasteiger partial charge in [0.1, 0.15) is 11.5 Å². The average molecular weight is 350 g/mol. The molecule has 0 atom stereocenters. The maximum Gasteiger partial charge on any atom is 0.275 e. The summed E-state index contributed by atoms with van der Waals surface area (Å²) < 4.78 is 11.2. The van der Waals surface area contributed by atoms with Gasteiger partial charge in [0, 0.05) is 5.56 Å². The number of ether oxygens (including phenoxy) is 2. The molecule has 5 heteroatoms. The summed E-state index contributed by atoms with van der Waals surface area (Å²) in [4.78, 5) is 16.8. The minimum Gasteiger partial charge on any atom is -0.490 e. The minimum atomic E-state index is -0.213.